The molecule has 0 spiro atoms. The molecule has 4 atom stereocenters. The van der Waals surface area contributed by atoms with Crippen LogP contribution in [0.25, 0.3) is 0 Å². The molecule has 4 rings (SSSR count). The smallest absolute Gasteiger partial charge is 0.315 e. The Labute approximate surface area is 268 Å². The van der Waals surface area contributed by atoms with Crippen LogP contribution in [0.1, 0.15) is 98.0 Å². The van der Waals surface area contributed by atoms with Gasteiger partial charge in [0.1, 0.15) is 12.1 Å². The van der Waals surface area contributed by atoms with Gasteiger partial charge < -0.3 is 26.6 Å². The van der Waals surface area contributed by atoms with E-state index in [0.717, 1.165) is 50.5 Å². The van der Waals surface area contributed by atoms with Gasteiger partial charge in [0, 0.05) is 12.1 Å². The van der Waals surface area contributed by atoms with Gasteiger partial charge in [0.2, 0.25) is 17.6 Å². The molecule has 1 unspecified atom stereocenters. The first-order valence-electron chi connectivity index (χ1n) is 16.8. The second kappa shape index (κ2) is 14.3. The third-order valence-electron chi connectivity index (χ3n) is 9.96. The molecular formula is C35H53N5O5. The van der Waals surface area contributed by atoms with Crippen molar-refractivity contribution >= 4 is 29.5 Å². The minimum absolute atomic E-state index is 0.0840. The van der Waals surface area contributed by atoms with Crippen LogP contribution in [0.15, 0.2) is 30.3 Å². The zero-order valence-electron chi connectivity index (χ0n) is 27.7. The normalized spacial score (nSPS) is 22.8. The predicted octanol–water partition coefficient (Wildman–Crippen LogP) is 3.86. The summed E-state index contributed by atoms with van der Waals surface area (Å²) in [6.07, 6.45) is 8.46. The molecular weight excluding hydrogens is 570 g/mol. The van der Waals surface area contributed by atoms with Gasteiger partial charge in [0.15, 0.2) is 0 Å². The van der Waals surface area contributed by atoms with E-state index in [0.29, 0.717) is 25.8 Å². The number of likely N-dealkylation sites (tertiary alicyclic amines) is 1. The third kappa shape index (κ3) is 8.85. The second-order valence-corrected chi connectivity index (χ2v) is 15.0. The zero-order chi connectivity index (χ0) is 32.9. The summed E-state index contributed by atoms with van der Waals surface area (Å²) in [6.45, 7) is 10.1. The van der Waals surface area contributed by atoms with Gasteiger partial charge in [0.25, 0.3) is 5.91 Å². The van der Waals surface area contributed by atoms with Crippen LogP contribution >= 0.6 is 0 Å². The molecule has 0 bridgehead atoms. The maximum Gasteiger partial charge on any atom is 0.315 e. The number of rotatable bonds is 12. The maximum absolute atomic E-state index is 14.4. The standard InChI is InChI=1S/C35H53N5O5/c1-22(2)25-16-19-40(27(25)31(43)37-26(20-23-14-15-23)28(41)30(36)42)32(44)29(34(3,4)5)38-33(45)39-35(17-10-7-11-18-35)21-24-12-8-6-9-13-24/h6,8-9,12-13,22-23,25-27,29H,7,10-11,14-21H2,1-5H3,(H2,36,42)(H,37,43)(H2,38,39,45)/t25-,26?,27+,29-/m1/s1. The van der Waals surface area contributed by atoms with E-state index >= 15 is 0 Å². The van der Waals surface area contributed by atoms with Gasteiger partial charge in [-0.2, -0.15) is 0 Å². The minimum Gasteiger partial charge on any atom is -0.363 e. The fraction of sp³-hybridized carbons (Fsp3) is 0.686. The number of nitrogens with one attached hydrogen (secondary N) is 3. The molecule has 0 radical (unpaired) electrons. The summed E-state index contributed by atoms with van der Waals surface area (Å²) in [4.78, 5) is 67.9. The number of nitrogens with zero attached hydrogens (tertiary/aromatic N) is 1. The van der Waals surface area contributed by atoms with Crippen molar-refractivity contribution in [3.8, 4) is 0 Å². The molecule has 10 nitrogen and oxygen atoms in total. The van der Waals surface area contributed by atoms with E-state index in [1.807, 2.05) is 52.8 Å². The summed E-state index contributed by atoms with van der Waals surface area (Å²) in [5.41, 5.74) is 5.42. The van der Waals surface area contributed by atoms with Crippen LogP contribution in [0, 0.1) is 23.2 Å². The van der Waals surface area contributed by atoms with Crippen LogP contribution in [0.4, 0.5) is 4.79 Å². The molecule has 1 heterocycles. The number of amides is 5. The lowest BCUT2D eigenvalue weighted by Crippen LogP contribution is -2.63. The van der Waals surface area contributed by atoms with Crippen LogP contribution in [0.5, 0.6) is 0 Å². The van der Waals surface area contributed by atoms with Crippen molar-refractivity contribution in [1.82, 2.24) is 20.9 Å². The highest BCUT2D eigenvalue weighted by molar-refractivity contribution is 6.37. The first-order valence-corrected chi connectivity index (χ1v) is 16.8. The van der Waals surface area contributed by atoms with Gasteiger partial charge in [0.05, 0.1) is 6.04 Å². The highest BCUT2D eigenvalue weighted by Crippen LogP contribution is 2.36. The van der Waals surface area contributed by atoms with Gasteiger partial charge in [-0.3, -0.25) is 19.2 Å². The molecule has 2 saturated carbocycles. The molecule has 5 amide bonds. The number of benzene rings is 1. The molecule has 0 aromatic heterocycles. The summed E-state index contributed by atoms with van der Waals surface area (Å²) < 4.78 is 0. The number of hydrogen-bond acceptors (Lipinski definition) is 5. The maximum atomic E-state index is 14.4. The number of carbonyl (C=O) groups is 5. The first-order chi connectivity index (χ1) is 21.2. The monoisotopic (exact) mass is 623 g/mol. The highest BCUT2D eigenvalue weighted by Gasteiger charge is 2.48. The largest absolute Gasteiger partial charge is 0.363 e. The van der Waals surface area contributed by atoms with Crippen LogP contribution in [0.3, 0.4) is 0 Å². The molecule has 5 N–H and O–H groups in total. The van der Waals surface area contributed by atoms with Crippen molar-refractivity contribution in [2.24, 2.45) is 28.9 Å². The average molecular weight is 624 g/mol. The average Bonchev–Trinajstić information content (AvgIpc) is 3.68. The number of nitrogens with two attached hydrogens (primary N) is 1. The number of ketones is 1. The number of primary amides is 1. The van der Waals surface area contributed by atoms with E-state index in [1.54, 1.807) is 4.90 Å². The number of carbonyl (C=O) groups excluding carboxylic acids is 5. The molecule has 3 aliphatic rings. The first kappa shape index (κ1) is 34.4. The lowest BCUT2D eigenvalue weighted by atomic mass is 9.77. The molecule has 1 saturated heterocycles. The van der Waals surface area contributed by atoms with Crippen molar-refractivity contribution in [2.45, 2.75) is 122 Å². The van der Waals surface area contributed by atoms with Crippen molar-refractivity contribution in [2.75, 3.05) is 6.54 Å². The van der Waals surface area contributed by atoms with Gasteiger partial charge in [-0.15, -0.1) is 0 Å². The van der Waals surface area contributed by atoms with Crippen molar-refractivity contribution in [3.63, 3.8) is 0 Å². The van der Waals surface area contributed by atoms with Gasteiger partial charge in [-0.05, 0) is 60.8 Å². The van der Waals surface area contributed by atoms with Gasteiger partial charge in [-0.1, -0.05) is 97.1 Å². The Hall–Kier alpha value is -3.43. The van der Waals surface area contributed by atoms with E-state index in [9.17, 15) is 24.0 Å². The summed E-state index contributed by atoms with van der Waals surface area (Å²) in [5.74, 6) is -2.48. The highest BCUT2D eigenvalue weighted by atomic mass is 16.2. The molecule has 1 aromatic rings. The minimum atomic E-state index is -1.08. The second-order valence-electron chi connectivity index (χ2n) is 15.0. The Kier molecular flexibility index (Phi) is 11.0. The van der Waals surface area contributed by atoms with E-state index < -0.39 is 52.7 Å². The van der Waals surface area contributed by atoms with E-state index in [2.05, 4.69) is 28.1 Å². The van der Waals surface area contributed by atoms with E-state index in [4.69, 9.17) is 5.73 Å². The molecule has 1 aromatic carbocycles. The summed E-state index contributed by atoms with van der Waals surface area (Å²) in [7, 11) is 0. The van der Waals surface area contributed by atoms with Crippen molar-refractivity contribution < 1.29 is 24.0 Å². The Bertz CT molecular complexity index is 1230. The van der Waals surface area contributed by atoms with Gasteiger partial charge in [-0.25, -0.2) is 4.79 Å². The third-order valence-corrected chi connectivity index (χ3v) is 9.96. The number of urea groups is 1. The number of Topliss-reactive ketones (excluding diaryl/α,β-unsaturated/α-hetero) is 1. The molecule has 2 aliphatic carbocycles. The summed E-state index contributed by atoms with van der Waals surface area (Å²) >= 11 is 0. The SMILES string of the molecule is CC(C)[C@H]1CCN(C(=O)[C@@H](NC(=O)NC2(Cc3ccccc3)CCCCC2)C(C)(C)C)[C@@H]1C(=O)NC(CC1CC1)C(=O)C(N)=O. The van der Waals surface area contributed by atoms with Crippen LogP contribution in [-0.4, -0.2) is 64.6 Å². The molecule has 248 valence electrons. The summed E-state index contributed by atoms with van der Waals surface area (Å²) in [6, 6.07) is 7.01. The lowest BCUT2D eigenvalue weighted by molar-refractivity contribution is -0.144. The Morgan fingerprint density at radius 1 is 0.956 bits per heavy atom. The number of hydrogen-bond donors (Lipinski definition) is 4. The summed E-state index contributed by atoms with van der Waals surface area (Å²) in [5, 5.41) is 9.10. The Morgan fingerprint density at radius 2 is 1.60 bits per heavy atom. The van der Waals surface area contributed by atoms with E-state index in [-0.39, 0.29) is 23.7 Å². The van der Waals surface area contributed by atoms with E-state index in [1.165, 1.54) is 0 Å². The van der Waals surface area contributed by atoms with Crippen LogP contribution < -0.4 is 21.7 Å². The molecule has 45 heavy (non-hydrogen) atoms. The van der Waals surface area contributed by atoms with Crippen LogP contribution in [0.2, 0.25) is 0 Å². The fourth-order valence-corrected chi connectivity index (χ4v) is 7.23. The molecule has 10 heteroatoms. The molecule has 1 aliphatic heterocycles. The topological polar surface area (TPSA) is 151 Å². The van der Waals surface area contributed by atoms with Gasteiger partial charge >= 0.3 is 6.03 Å². The van der Waals surface area contributed by atoms with Crippen molar-refractivity contribution in [1.29, 1.82) is 0 Å². The van der Waals surface area contributed by atoms with Crippen molar-refractivity contribution in [3.05, 3.63) is 35.9 Å². The Morgan fingerprint density at radius 3 is 2.16 bits per heavy atom. The Balaban J connectivity index is 1.53. The molecule has 3 fully saturated rings. The zero-order valence-corrected chi connectivity index (χ0v) is 27.7. The van der Waals surface area contributed by atoms with Crippen LogP contribution in [-0.2, 0) is 25.6 Å². The lowest BCUT2D eigenvalue weighted by Gasteiger charge is -2.40. The predicted molar refractivity (Wildman–Crippen MR) is 173 cm³/mol. The quantitative estimate of drug-likeness (QED) is 0.261. The fourth-order valence-electron chi connectivity index (χ4n) is 7.23.